The Morgan fingerprint density at radius 1 is 1.33 bits per heavy atom. The average molecular weight is 246 g/mol. The molecule has 18 heavy (non-hydrogen) atoms. The minimum atomic E-state index is 0.184. The summed E-state index contributed by atoms with van der Waals surface area (Å²) in [5.41, 5.74) is 5.23. The van der Waals surface area contributed by atoms with Gasteiger partial charge in [-0.15, -0.1) is 0 Å². The Hall–Kier alpha value is -1.39. The smallest absolute Gasteiger partial charge is 0.0709 e. The number of nitrogens with two attached hydrogens (primary N) is 1. The highest BCUT2D eigenvalue weighted by Gasteiger charge is 2.14. The SMILES string of the molecule is CC(C)CCCC(NN)c1cnn2ccccc12. The van der Waals surface area contributed by atoms with Crippen molar-refractivity contribution in [3.8, 4) is 0 Å². The zero-order chi connectivity index (χ0) is 13.0. The van der Waals surface area contributed by atoms with Crippen LogP contribution in [0.15, 0.2) is 30.6 Å². The third kappa shape index (κ3) is 2.89. The number of hydrogen-bond donors (Lipinski definition) is 2. The molecule has 0 aromatic carbocycles. The van der Waals surface area contributed by atoms with E-state index in [2.05, 4.69) is 30.4 Å². The lowest BCUT2D eigenvalue weighted by atomic mass is 9.99. The van der Waals surface area contributed by atoms with Crippen LogP contribution in [0.2, 0.25) is 0 Å². The van der Waals surface area contributed by atoms with Crippen LogP contribution in [0.4, 0.5) is 0 Å². The Morgan fingerprint density at radius 3 is 2.89 bits per heavy atom. The van der Waals surface area contributed by atoms with Crippen LogP contribution in [-0.2, 0) is 0 Å². The summed E-state index contributed by atoms with van der Waals surface area (Å²) >= 11 is 0. The van der Waals surface area contributed by atoms with Crippen LogP contribution in [0, 0.1) is 5.92 Å². The highest BCUT2D eigenvalue weighted by atomic mass is 15.3. The van der Waals surface area contributed by atoms with E-state index >= 15 is 0 Å². The number of hydrogen-bond acceptors (Lipinski definition) is 3. The molecule has 0 fully saturated rings. The molecule has 1 unspecified atom stereocenters. The number of fused-ring (bicyclic) bond motifs is 1. The molecule has 1 atom stereocenters. The van der Waals surface area contributed by atoms with Gasteiger partial charge in [-0.1, -0.05) is 32.8 Å². The summed E-state index contributed by atoms with van der Waals surface area (Å²) in [6, 6.07) is 6.27. The van der Waals surface area contributed by atoms with Gasteiger partial charge in [0.25, 0.3) is 0 Å². The van der Waals surface area contributed by atoms with Gasteiger partial charge in [0.15, 0.2) is 0 Å². The zero-order valence-corrected chi connectivity index (χ0v) is 11.1. The first-order chi connectivity index (χ1) is 8.72. The van der Waals surface area contributed by atoms with Gasteiger partial charge in [0.1, 0.15) is 0 Å². The molecule has 0 saturated heterocycles. The van der Waals surface area contributed by atoms with Crippen molar-refractivity contribution >= 4 is 5.52 Å². The van der Waals surface area contributed by atoms with Crippen LogP contribution >= 0.6 is 0 Å². The van der Waals surface area contributed by atoms with E-state index in [4.69, 9.17) is 5.84 Å². The van der Waals surface area contributed by atoms with Crippen LogP contribution in [0.5, 0.6) is 0 Å². The van der Waals surface area contributed by atoms with E-state index in [1.807, 2.05) is 29.0 Å². The summed E-state index contributed by atoms with van der Waals surface area (Å²) in [6.45, 7) is 4.50. The van der Waals surface area contributed by atoms with E-state index < -0.39 is 0 Å². The second-order valence-electron chi connectivity index (χ2n) is 5.17. The Morgan fingerprint density at radius 2 is 2.17 bits per heavy atom. The minimum absolute atomic E-state index is 0.184. The molecule has 98 valence electrons. The van der Waals surface area contributed by atoms with E-state index in [0.717, 1.165) is 17.9 Å². The van der Waals surface area contributed by atoms with Crippen LogP contribution in [0.25, 0.3) is 5.52 Å². The van der Waals surface area contributed by atoms with Gasteiger partial charge in [0.2, 0.25) is 0 Å². The topological polar surface area (TPSA) is 55.3 Å². The molecule has 0 bridgehead atoms. The number of nitrogens with one attached hydrogen (secondary N) is 1. The molecule has 3 N–H and O–H groups in total. The standard InChI is InChI=1S/C14H22N4/c1-11(2)6-5-7-13(17-15)12-10-16-18-9-4-3-8-14(12)18/h3-4,8-11,13,17H,5-7,15H2,1-2H3. The second kappa shape index (κ2) is 5.98. The van der Waals surface area contributed by atoms with Crippen molar-refractivity contribution in [3.05, 3.63) is 36.2 Å². The molecule has 0 saturated carbocycles. The summed E-state index contributed by atoms with van der Waals surface area (Å²) in [4.78, 5) is 0. The average Bonchev–Trinajstić information content (AvgIpc) is 2.78. The van der Waals surface area contributed by atoms with E-state index in [-0.39, 0.29) is 6.04 Å². The van der Waals surface area contributed by atoms with Crippen molar-refractivity contribution in [2.75, 3.05) is 0 Å². The summed E-state index contributed by atoms with van der Waals surface area (Å²) in [5.74, 6) is 6.43. The first-order valence-electron chi connectivity index (χ1n) is 6.60. The lowest BCUT2D eigenvalue weighted by Gasteiger charge is -2.15. The molecule has 4 nitrogen and oxygen atoms in total. The summed E-state index contributed by atoms with van der Waals surface area (Å²) < 4.78 is 1.89. The Labute approximate surface area is 108 Å². The fourth-order valence-electron chi connectivity index (χ4n) is 2.28. The van der Waals surface area contributed by atoms with E-state index in [1.165, 1.54) is 18.4 Å². The number of rotatable bonds is 6. The predicted octanol–water partition coefficient (Wildman–Crippen LogP) is 2.67. The first-order valence-corrected chi connectivity index (χ1v) is 6.60. The highest BCUT2D eigenvalue weighted by Crippen LogP contribution is 2.23. The van der Waals surface area contributed by atoms with E-state index in [0.29, 0.717) is 0 Å². The fraction of sp³-hybridized carbons (Fsp3) is 0.500. The molecular weight excluding hydrogens is 224 g/mol. The van der Waals surface area contributed by atoms with Crippen molar-refractivity contribution in [2.24, 2.45) is 11.8 Å². The van der Waals surface area contributed by atoms with E-state index in [1.54, 1.807) is 0 Å². The minimum Gasteiger partial charge on any atom is -0.271 e. The van der Waals surface area contributed by atoms with Gasteiger partial charge in [-0.25, -0.2) is 4.52 Å². The van der Waals surface area contributed by atoms with Crippen LogP contribution < -0.4 is 11.3 Å². The van der Waals surface area contributed by atoms with Crippen LogP contribution in [0.3, 0.4) is 0 Å². The predicted molar refractivity (Wildman–Crippen MR) is 73.9 cm³/mol. The molecule has 2 heterocycles. The van der Waals surface area contributed by atoms with E-state index in [9.17, 15) is 0 Å². The van der Waals surface area contributed by atoms with Gasteiger partial charge in [-0.3, -0.25) is 11.3 Å². The Kier molecular flexibility index (Phi) is 4.33. The maximum atomic E-state index is 5.68. The fourth-order valence-corrected chi connectivity index (χ4v) is 2.28. The molecule has 0 aliphatic heterocycles. The normalized spacial score (nSPS) is 13.3. The lowest BCUT2D eigenvalue weighted by molar-refractivity contribution is 0.457. The van der Waals surface area contributed by atoms with Gasteiger partial charge in [-0.2, -0.15) is 5.10 Å². The summed E-state index contributed by atoms with van der Waals surface area (Å²) in [6.07, 6.45) is 7.33. The third-order valence-corrected chi connectivity index (χ3v) is 3.31. The third-order valence-electron chi connectivity index (χ3n) is 3.31. The molecule has 0 spiro atoms. The highest BCUT2D eigenvalue weighted by molar-refractivity contribution is 5.54. The molecule has 2 aromatic rings. The van der Waals surface area contributed by atoms with Crippen LogP contribution in [0.1, 0.15) is 44.7 Å². The maximum absolute atomic E-state index is 5.68. The molecule has 2 aromatic heterocycles. The maximum Gasteiger partial charge on any atom is 0.0709 e. The van der Waals surface area contributed by atoms with Crippen molar-refractivity contribution < 1.29 is 0 Å². The molecule has 0 aliphatic rings. The number of pyridine rings is 1. The molecule has 4 heteroatoms. The van der Waals surface area contributed by atoms with Gasteiger partial charge in [0.05, 0.1) is 11.7 Å². The molecule has 2 rings (SSSR count). The quantitative estimate of drug-likeness (QED) is 0.608. The number of hydrazine groups is 1. The second-order valence-corrected chi connectivity index (χ2v) is 5.17. The monoisotopic (exact) mass is 246 g/mol. The molecule has 0 radical (unpaired) electrons. The van der Waals surface area contributed by atoms with Gasteiger partial charge < -0.3 is 0 Å². The summed E-state index contributed by atoms with van der Waals surface area (Å²) in [7, 11) is 0. The van der Waals surface area contributed by atoms with Gasteiger partial charge in [-0.05, 0) is 24.5 Å². The molecule has 0 amide bonds. The number of aromatic nitrogens is 2. The largest absolute Gasteiger partial charge is 0.271 e. The van der Waals surface area contributed by atoms with Gasteiger partial charge >= 0.3 is 0 Å². The molecular formula is C14H22N4. The van der Waals surface area contributed by atoms with Crippen molar-refractivity contribution in [3.63, 3.8) is 0 Å². The van der Waals surface area contributed by atoms with Crippen LogP contribution in [-0.4, -0.2) is 9.61 Å². The number of nitrogens with zero attached hydrogens (tertiary/aromatic N) is 2. The lowest BCUT2D eigenvalue weighted by Crippen LogP contribution is -2.28. The molecule has 0 aliphatic carbocycles. The Balaban J connectivity index is 2.12. The Bertz CT molecular complexity index is 489. The van der Waals surface area contributed by atoms with Gasteiger partial charge in [0, 0.05) is 17.8 Å². The van der Waals surface area contributed by atoms with Crippen molar-refractivity contribution in [1.82, 2.24) is 15.0 Å². The first kappa shape index (κ1) is 13.1. The van der Waals surface area contributed by atoms with Crippen molar-refractivity contribution in [1.29, 1.82) is 0 Å². The van der Waals surface area contributed by atoms with Crippen molar-refractivity contribution in [2.45, 2.75) is 39.2 Å². The zero-order valence-electron chi connectivity index (χ0n) is 11.1. The summed E-state index contributed by atoms with van der Waals surface area (Å²) in [5, 5.41) is 4.35.